The third kappa shape index (κ3) is 19.2. The van der Waals surface area contributed by atoms with Gasteiger partial charge in [0.1, 0.15) is 0 Å². The highest BCUT2D eigenvalue weighted by Gasteiger charge is 2.45. The van der Waals surface area contributed by atoms with Gasteiger partial charge in [-0.1, -0.05) is 205 Å². The number of ether oxygens (including phenoxy) is 4. The molecular formula is C61H108O4. The summed E-state index contributed by atoms with van der Waals surface area (Å²) in [5.41, 5.74) is 0.628. The zero-order valence-electron chi connectivity index (χ0n) is 43.0. The van der Waals surface area contributed by atoms with Crippen molar-refractivity contribution in [2.45, 2.75) is 357 Å². The van der Waals surface area contributed by atoms with Gasteiger partial charge < -0.3 is 18.9 Å². The maximum Gasteiger partial charge on any atom is 0.0844 e. The number of unbranched alkanes of at least 4 members (excludes halogenated alkanes) is 24. The van der Waals surface area contributed by atoms with E-state index in [1.165, 1.54) is 308 Å². The standard InChI is InChI=1S/C61H108O4/c1(5-13-21-29-49-33-36-55-58(45-49)63-55)9-17-25-39-61(40-26-18-10-2-6-14-22-30-50-34-37-56-59(46-50)64-56,41-27-19-11-3-7-15-23-31-51-35-38-57-60(47-51)65-57)42-28-20-12-4-8-16-24-32-52-43-53-48-54(44-52)62-53/h49-60H,1-48H2. The molecule has 9 aliphatic rings. The first-order valence-electron chi connectivity index (χ1n) is 30.8. The Morgan fingerprint density at radius 2 is 0.492 bits per heavy atom. The van der Waals surface area contributed by atoms with Gasteiger partial charge in [0.05, 0.1) is 48.8 Å². The molecule has 4 heteroatoms. The van der Waals surface area contributed by atoms with Gasteiger partial charge in [0, 0.05) is 0 Å². The molecule has 0 aromatic heterocycles. The summed E-state index contributed by atoms with van der Waals surface area (Å²) in [6.45, 7) is 0. The van der Waals surface area contributed by atoms with E-state index in [4.69, 9.17) is 18.9 Å². The van der Waals surface area contributed by atoms with Crippen molar-refractivity contribution in [1.29, 1.82) is 0 Å². The Balaban J connectivity index is 0.719. The highest BCUT2D eigenvalue weighted by atomic mass is 16.6. The molecule has 11 unspecified atom stereocenters. The van der Waals surface area contributed by atoms with Crippen LogP contribution in [0.25, 0.3) is 0 Å². The molecule has 0 N–H and O–H groups in total. The molecule has 2 bridgehead atoms. The number of rotatable bonds is 40. The van der Waals surface area contributed by atoms with E-state index in [-0.39, 0.29) is 0 Å². The van der Waals surface area contributed by atoms with Crippen molar-refractivity contribution in [3.05, 3.63) is 0 Å². The smallest absolute Gasteiger partial charge is 0.0844 e. The van der Waals surface area contributed by atoms with Crippen LogP contribution >= 0.6 is 0 Å². The van der Waals surface area contributed by atoms with Crippen molar-refractivity contribution in [3.8, 4) is 0 Å². The van der Waals surface area contributed by atoms with Gasteiger partial charge in [-0.05, 0) is 132 Å². The Kier molecular flexibility index (Phi) is 22.6. The minimum atomic E-state index is 0.628. The molecule has 0 radical (unpaired) electrons. The SMILES string of the molecule is C(CCCCC1CC2CC(C1)O2)CCCCC(CCCCCCCCCC1CCC2OC2C1)(CCCCCCCCCC1CCC2OC2C1)CCCCCCCCCC1CCC2OC2C1. The molecule has 65 heavy (non-hydrogen) atoms. The molecule has 0 aromatic carbocycles. The summed E-state index contributed by atoms with van der Waals surface area (Å²) >= 11 is 0. The maximum absolute atomic E-state index is 5.91. The van der Waals surface area contributed by atoms with Gasteiger partial charge >= 0.3 is 0 Å². The molecule has 4 nitrogen and oxygen atoms in total. The molecular weight excluding hydrogens is 797 g/mol. The van der Waals surface area contributed by atoms with Crippen LogP contribution in [-0.4, -0.2) is 48.8 Å². The van der Waals surface area contributed by atoms with Crippen LogP contribution in [0.15, 0.2) is 0 Å². The summed E-state index contributed by atoms with van der Waals surface area (Å²) in [6.07, 6.45) is 75.4. The zero-order chi connectivity index (χ0) is 44.2. The summed E-state index contributed by atoms with van der Waals surface area (Å²) in [7, 11) is 0. The van der Waals surface area contributed by atoms with E-state index in [2.05, 4.69) is 0 Å². The fourth-order valence-corrected chi connectivity index (χ4v) is 15.2. The summed E-state index contributed by atoms with van der Waals surface area (Å²) in [5, 5.41) is 0. The molecule has 4 saturated carbocycles. The lowest BCUT2D eigenvalue weighted by atomic mass is 9.70. The first kappa shape index (κ1) is 51.2. The van der Waals surface area contributed by atoms with Crippen molar-refractivity contribution < 1.29 is 18.9 Å². The van der Waals surface area contributed by atoms with E-state index < -0.39 is 0 Å². The second-order valence-corrected chi connectivity index (χ2v) is 25.2. The molecule has 5 heterocycles. The Bertz CT molecular complexity index is 1080. The lowest BCUT2D eigenvalue weighted by Gasteiger charge is -2.45. The fraction of sp³-hybridized carbons (Fsp3) is 1.00. The van der Waals surface area contributed by atoms with E-state index in [0.29, 0.717) is 54.2 Å². The lowest BCUT2D eigenvalue weighted by Crippen LogP contribution is -2.45. The van der Waals surface area contributed by atoms with Gasteiger partial charge in [0.25, 0.3) is 0 Å². The Labute approximate surface area is 403 Å². The van der Waals surface area contributed by atoms with Crippen molar-refractivity contribution in [1.82, 2.24) is 0 Å². The zero-order valence-corrected chi connectivity index (χ0v) is 43.0. The molecule has 0 aromatic rings. The molecule has 4 aliphatic carbocycles. The Morgan fingerprint density at radius 3 is 0.785 bits per heavy atom. The average molecular weight is 906 g/mol. The Morgan fingerprint density at radius 1 is 0.231 bits per heavy atom. The monoisotopic (exact) mass is 905 g/mol. The van der Waals surface area contributed by atoms with Gasteiger partial charge in [-0.15, -0.1) is 0 Å². The van der Waals surface area contributed by atoms with Gasteiger partial charge in [-0.2, -0.15) is 0 Å². The lowest BCUT2D eigenvalue weighted by molar-refractivity contribution is -0.173. The van der Waals surface area contributed by atoms with Crippen molar-refractivity contribution >= 4 is 0 Å². The molecule has 9 rings (SSSR count). The van der Waals surface area contributed by atoms with Gasteiger partial charge in [-0.3, -0.25) is 0 Å². The van der Waals surface area contributed by atoms with Crippen LogP contribution < -0.4 is 0 Å². The number of fused-ring (bicyclic) bond motifs is 5. The van der Waals surface area contributed by atoms with Gasteiger partial charge in [0.15, 0.2) is 0 Å². The minimum Gasteiger partial charge on any atom is -0.375 e. The Hall–Kier alpha value is -0.160. The van der Waals surface area contributed by atoms with E-state index in [0.717, 1.165) is 23.7 Å². The predicted octanol–water partition coefficient (Wildman–Crippen LogP) is 18.3. The van der Waals surface area contributed by atoms with Crippen LogP contribution in [0.3, 0.4) is 0 Å². The molecule has 5 saturated heterocycles. The summed E-state index contributed by atoms with van der Waals surface area (Å²) in [5.74, 6) is 3.90. The predicted molar refractivity (Wildman–Crippen MR) is 273 cm³/mol. The first-order valence-corrected chi connectivity index (χ1v) is 30.8. The van der Waals surface area contributed by atoms with Gasteiger partial charge in [-0.25, -0.2) is 0 Å². The van der Waals surface area contributed by atoms with Crippen LogP contribution in [0.1, 0.15) is 308 Å². The molecule has 5 aliphatic heterocycles. The van der Waals surface area contributed by atoms with Crippen molar-refractivity contribution in [2.75, 3.05) is 0 Å². The third-order valence-electron chi connectivity index (χ3n) is 19.7. The van der Waals surface area contributed by atoms with E-state index in [1.54, 1.807) is 0 Å². The fourth-order valence-electron chi connectivity index (χ4n) is 15.2. The average Bonchev–Trinajstić information content (AvgIpc) is 4.22. The third-order valence-corrected chi connectivity index (χ3v) is 19.7. The molecule has 0 spiro atoms. The highest BCUT2D eigenvalue weighted by Crippen LogP contribution is 2.45. The largest absolute Gasteiger partial charge is 0.375 e. The number of epoxide rings is 3. The van der Waals surface area contributed by atoms with E-state index in [9.17, 15) is 0 Å². The number of hydrogen-bond acceptors (Lipinski definition) is 4. The first-order chi connectivity index (χ1) is 32.2. The summed E-state index contributed by atoms with van der Waals surface area (Å²) in [4.78, 5) is 0. The van der Waals surface area contributed by atoms with E-state index >= 15 is 0 Å². The van der Waals surface area contributed by atoms with Crippen LogP contribution in [0.2, 0.25) is 0 Å². The maximum atomic E-state index is 5.91. The van der Waals surface area contributed by atoms with Crippen LogP contribution in [0.5, 0.6) is 0 Å². The molecule has 376 valence electrons. The van der Waals surface area contributed by atoms with Crippen molar-refractivity contribution in [3.63, 3.8) is 0 Å². The van der Waals surface area contributed by atoms with E-state index in [1.807, 2.05) is 0 Å². The molecule has 11 atom stereocenters. The van der Waals surface area contributed by atoms with Gasteiger partial charge in [0.2, 0.25) is 0 Å². The molecule has 0 amide bonds. The van der Waals surface area contributed by atoms with Crippen LogP contribution in [0, 0.1) is 29.1 Å². The minimum absolute atomic E-state index is 0.628. The quantitative estimate of drug-likeness (QED) is 0.0454. The summed E-state index contributed by atoms with van der Waals surface area (Å²) < 4.78 is 23.3. The highest BCUT2D eigenvalue weighted by molar-refractivity contribution is 4.94. The summed E-state index contributed by atoms with van der Waals surface area (Å²) in [6, 6.07) is 0. The topological polar surface area (TPSA) is 46.8 Å². The molecule has 9 fully saturated rings. The second kappa shape index (κ2) is 28.6. The van der Waals surface area contributed by atoms with Crippen molar-refractivity contribution in [2.24, 2.45) is 29.1 Å². The normalized spacial score (nSPS) is 34.0. The van der Waals surface area contributed by atoms with Crippen LogP contribution in [0.4, 0.5) is 0 Å². The second-order valence-electron chi connectivity index (χ2n) is 25.2. The number of hydrogen-bond donors (Lipinski definition) is 0. The van der Waals surface area contributed by atoms with Crippen LogP contribution in [-0.2, 0) is 18.9 Å².